The third kappa shape index (κ3) is 3.42. The molecule has 0 spiro atoms. The zero-order valence-electron chi connectivity index (χ0n) is 16.1. The maximum absolute atomic E-state index is 13.4. The summed E-state index contributed by atoms with van der Waals surface area (Å²) in [5.41, 5.74) is 0.318. The standard InChI is InChI=1S/C20H26N4O3/c1-19(2,3)27-18(26)23-11-9-16-20(13-23,12-14-6-4-5-10-21-14)17(25)24(22-16)15-7-8-15/h4-6,10,15H,7-9,11-13H2,1-3H3. The molecule has 0 aromatic carbocycles. The van der Waals surface area contributed by atoms with Gasteiger partial charge in [0.1, 0.15) is 11.0 Å². The molecule has 0 N–H and O–H groups in total. The minimum absolute atomic E-state index is 0.00101. The number of carbonyl (C=O) groups is 2. The van der Waals surface area contributed by atoms with Gasteiger partial charge in [-0.25, -0.2) is 9.80 Å². The molecule has 3 aliphatic rings. The number of aromatic nitrogens is 1. The number of ether oxygens (including phenoxy) is 1. The first-order chi connectivity index (χ1) is 12.8. The molecule has 1 saturated heterocycles. The Bertz CT molecular complexity index is 782. The maximum atomic E-state index is 13.4. The summed E-state index contributed by atoms with van der Waals surface area (Å²) in [6.07, 6.45) is 4.39. The summed E-state index contributed by atoms with van der Waals surface area (Å²) in [6, 6.07) is 5.91. The SMILES string of the molecule is CC(C)(C)OC(=O)N1CCC2=NN(C3CC3)C(=O)C2(Cc2ccccn2)C1. The van der Waals surface area contributed by atoms with Crippen molar-refractivity contribution < 1.29 is 14.3 Å². The lowest BCUT2D eigenvalue weighted by atomic mass is 9.74. The normalized spacial score (nSPS) is 25.3. The number of amides is 2. The van der Waals surface area contributed by atoms with E-state index in [4.69, 9.17) is 4.74 Å². The summed E-state index contributed by atoms with van der Waals surface area (Å²) in [5.74, 6) is -0.00101. The molecule has 3 heterocycles. The van der Waals surface area contributed by atoms with Gasteiger partial charge < -0.3 is 9.64 Å². The smallest absolute Gasteiger partial charge is 0.410 e. The van der Waals surface area contributed by atoms with Crippen molar-refractivity contribution in [1.29, 1.82) is 0 Å². The summed E-state index contributed by atoms with van der Waals surface area (Å²) in [6.45, 7) is 6.35. The Labute approximate surface area is 159 Å². The first-order valence-electron chi connectivity index (χ1n) is 9.58. The van der Waals surface area contributed by atoms with Gasteiger partial charge in [0.25, 0.3) is 5.91 Å². The van der Waals surface area contributed by atoms with Crippen molar-refractivity contribution in [2.24, 2.45) is 10.5 Å². The van der Waals surface area contributed by atoms with Gasteiger partial charge in [0, 0.05) is 37.8 Å². The Hall–Kier alpha value is -2.44. The Balaban J connectivity index is 1.63. The molecular formula is C20H26N4O3. The quantitative estimate of drug-likeness (QED) is 0.820. The Morgan fingerprint density at radius 3 is 2.74 bits per heavy atom. The molecule has 7 nitrogen and oxygen atoms in total. The monoisotopic (exact) mass is 370 g/mol. The van der Waals surface area contributed by atoms with Crippen LogP contribution in [0.3, 0.4) is 0 Å². The predicted molar refractivity (Wildman–Crippen MR) is 100 cm³/mol. The first kappa shape index (κ1) is 17.9. The molecule has 0 bridgehead atoms. The fourth-order valence-corrected chi connectivity index (χ4v) is 3.80. The average molecular weight is 370 g/mol. The van der Waals surface area contributed by atoms with Gasteiger partial charge in [0.15, 0.2) is 0 Å². The fraction of sp³-hybridized carbons (Fsp3) is 0.600. The van der Waals surface area contributed by atoms with Gasteiger partial charge in [0.05, 0.1) is 11.8 Å². The molecule has 1 atom stereocenters. The van der Waals surface area contributed by atoms with E-state index in [-0.39, 0.29) is 18.0 Å². The van der Waals surface area contributed by atoms with Crippen molar-refractivity contribution in [3.8, 4) is 0 Å². The highest BCUT2D eigenvalue weighted by Crippen LogP contribution is 2.42. The zero-order chi connectivity index (χ0) is 19.2. The maximum Gasteiger partial charge on any atom is 0.410 e. The number of rotatable bonds is 3. The topological polar surface area (TPSA) is 75.1 Å². The average Bonchev–Trinajstić information content (AvgIpc) is 3.40. The second-order valence-electron chi connectivity index (χ2n) is 8.66. The van der Waals surface area contributed by atoms with Crippen molar-refractivity contribution in [1.82, 2.24) is 14.9 Å². The van der Waals surface area contributed by atoms with Crippen LogP contribution in [0.25, 0.3) is 0 Å². The number of pyridine rings is 1. The van der Waals surface area contributed by atoms with Gasteiger partial charge in [-0.15, -0.1) is 0 Å². The lowest BCUT2D eigenvalue weighted by molar-refractivity contribution is -0.137. The molecule has 2 fully saturated rings. The second kappa shape index (κ2) is 6.32. The van der Waals surface area contributed by atoms with Gasteiger partial charge in [-0.2, -0.15) is 5.10 Å². The zero-order valence-corrected chi connectivity index (χ0v) is 16.1. The number of fused-ring (bicyclic) bond motifs is 1. The Morgan fingerprint density at radius 1 is 1.33 bits per heavy atom. The molecule has 1 aromatic rings. The van der Waals surface area contributed by atoms with Gasteiger partial charge in [-0.05, 0) is 45.7 Å². The fourth-order valence-electron chi connectivity index (χ4n) is 3.80. The summed E-state index contributed by atoms with van der Waals surface area (Å²) in [5, 5.41) is 6.35. The van der Waals surface area contributed by atoms with Crippen molar-refractivity contribution in [3.05, 3.63) is 30.1 Å². The van der Waals surface area contributed by atoms with Crippen molar-refractivity contribution in [2.45, 2.75) is 58.1 Å². The lowest BCUT2D eigenvalue weighted by Crippen LogP contribution is -2.56. The molecule has 2 amide bonds. The van der Waals surface area contributed by atoms with Crippen LogP contribution in [0, 0.1) is 5.41 Å². The summed E-state index contributed by atoms with van der Waals surface area (Å²) in [4.78, 5) is 32.1. The van der Waals surface area contributed by atoms with Crippen LogP contribution in [0.1, 0.15) is 45.7 Å². The minimum atomic E-state index is -0.827. The van der Waals surface area contributed by atoms with E-state index in [0.29, 0.717) is 25.9 Å². The molecule has 1 saturated carbocycles. The van der Waals surface area contributed by atoms with E-state index >= 15 is 0 Å². The number of piperidine rings is 1. The van der Waals surface area contributed by atoms with E-state index in [2.05, 4.69) is 10.1 Å². The molecule has 1 unspecified atom stereocenters. The number of carbonyl (C=O) groups excluding carboxylic acids is 2. The molecule has 144 valence electrons. The number of hydrogen-bond donors (Lipinski definition) is 0. The van der Waals surface area contributed by atoms with Crippen LogP contribution in [0.2, 0.25) is 0 Å². The largest absolute Gasteiger partial charge is 0.444 e. The molecule has 7 heteroatoms. The highest BCUT2D eigenvalue weighted by atomic mass is 16.6. The van der Waals surface area contributed by atoms with E-state index in [9.17, 15) is 9.59 Å². The third-order valence-electron chi connectivity index (χ3n) is 5.23. The highest BCUT2D eigenvalue weighted by molar-refractivity contribution is 6.13. The number of nitrogens with zero attached hydrogens (tertiary/aromatic N) is 4. The summed E-state index contributed by atoms with van der Waals surface area (Å²) >= 11 is 0. The molecule has 27 heavy (non-hydrogen) atoms. The minimum Gasteiger partial charge on any atom is -0.444 e. The van der Waals surface area contributed by atoms with E-state index in [1.165, 1.54) is 0 Å². The summed E-state index contributed by atoms with van der Waals surface area (Å²) < 4.78 is 5.55. The van der Waals surface area contributed by atoms with Gasteiger partial charge in [0.2, 0.25) is 0 Å². The third-order valence-corrected chi connectivity index (χ3v) is 5.23. The number of hydrogen-bond acceptors (Lipinski definition) is 5. The van der Waals surface area contributed by atoms with Gasteiger partial charge in [-0.1, -0.05) is 6.07 Å². The van der Waals surface area contributed by atoms with Crippen LogP contribution < -0.4 is 0 Å². The molecule has 2 aliphatic heterocycles. The summed E-state index contributed by atoms with van der Waals surface area (Å²) in [7, 11) is 0. The van der Waals surface area contributed by atoms with E-state index < -0.39 is 11.0 Å². The van der Waals surface area contributed by atoms with E-state index in [1.807, 2.05) is 39.0 Å². The number of likely N-dealkylation sites (tertiary alicyclic amines) is 1. The van der Waals surface area contributed by atoms with Gasteiger partial charge in [-0.3, -0.25) is 9.78 Å². The Morgan fingerprint density at radius 2 is 2.11 bits per heavy atom. The van der Waals surface area contributed by atoms with E-state index in [1.54, 1.807) is 16.1 Å². The van der Waals surface area contributed by atoms with Crippen LogP contribution in [-0.4, -0.2) is 57.3 Å². The number of hydrazone groups is 1. The molecular weight excluding hydrogens is 344 g/mol. The van der Waals surface area contributed by atoms with Crippen molar-refractivity contribution >= 4 is 17.7 Å². The lowest BCUT2D eigenvalue weighted by Gasteiger charge is -2.39. The molecule has 1 aromatic heterocycles. The van der Waals surface area contributed by atoms with Crippen LogP contribution in [0.4, 0.5) is 4.79 Å². The van der Waals surface area contributed by atoms with Crippen molar-refractivity contribution in [2.75, 3.05) is 13.1 Å². The highest BCUT2D eigenvalue weighted by Gasteiger charge is 2.57. The van der Waals surface area contributed by atoms with Crippen LogP contribution in [-0.2, 0) is 16.0 Å². The molecule has 0 radical (unpaired) electrons. The molecule has 1 aliphatic carbocycles. The van der Waals surface area contributed by atoms with Crippen LogP contribution >= 0.6 is 0 Å². The van der Waals surface area contributed by atoms with Gasteiger partial charge >= 0.3 is 6.09 Å². The predicted octanol–water partition coefficient (Wildman–Crippen LogP) is 2.61. The van der Waals surface area contributed by atoms with E-state index in [0.717, 1.165) is 24.2 Å². The Kier molecular flexibility index (Phi) is 4.20. The van der Waals surface area contributed by atoms with Crippen molar-refractivity contribution in [3.63, 3.8) is 0 Å². The van der Waals surface area contributed by atoms with Crippen LogP contribution in [0.15, 0.2) is 29.5 Å². The van der Waals surface area contributed by atoms with Crippen LogP contribution in [0.5, 0.6) is 0 Å². The first-order valence-corrected chi connectivity index (χ1v) is 9.58. The molecule has 4 rings (SSSR count). The second-order valence-corrected chi connectivity index (χ2v) is 8.66.